The molecule has 1 heterocycles. The molecule has 2 N–H and O–H groups in total. The maximum Gasteiger partial charge on any atom is 0.226 e. The number of nitrogen functional groups attached to an aromatic ring is 1. The zero-order valence-corrected chi connectivity index (χ0v) is 9.68. The van der Waals surface area contributed by atoms with E-state index in [4.69, 9.17) is 5.73 Å². The van der Waals surface area contributed by atoms with Gasteiger partial charge in [-0.3, -0.25) is 0 Å². The zero-order valence-electron chi connectivity index (χ0n) is 9.68. The smallest absolute Gasteiger partial charge is 0.226 e. The van der Waals surface area contributed by atoms with Crippen LogP contribution < -0.4 is 10.6 Å². The number of hydrogen-bond donors (Lipinski definition) is 1. The van der Waals surface area contributed by atoms with Gasteiger partial charge >= 0.3 is 0 Å². The Hall–Kier alpha value is -2.17. The lowest BCUT2D eigenvalue weighted by molar-refractivity contribution is 0.628. The van der Waals surface area contributed by atoms with Gasteiger partial charge in [0.15, 0.2) is 0 Å². The number of rotatable bonds is 2. The SMILES string of the molecule is CN(C)c1ncc(-c2cccc(F)c2)c(N)n1. The zero-order chi connectivity index (χ0) is 12.4. The summed E-state index contributed by atoms with van der Waals surface area (Å²) < 4.78 is 13.1. The highest BCUT2D eigenvalue weighted by Crippen LogP contribution is 2.25. The van der Waals surface area contributed by atoms with E-state index in [1.807, 2.05) is 14.1 Å². The van der Waals surface area contributed by atoms with Crippen molar-refractivity contribution in [3.05, 3.63) is 36.3 Å². The fraction of sp³-hybridized carbons (Fsp3) is 0.167. The summed E-state index contributed by atoms with van der Waals surface area (Å²) in [6, 6.07) is 6.19. The van der Waals surface area contributed by atoms with Crippen molar-refractivity contribution in [2.45, 2.75) is 0 Å². The Balaban J connectivity index is 2.47. The van der Waals surface area contributed by atoms with Crippen LogP contribution in [0.2, 0.25) is 0 Å². The van der Waals surface area contributed by atoms with Gasteiger partial charge in [0.05, 0.1) is 0 Å². The van der Waals surface area contributed by atoms with Gasteiger partial charge in [0.2, 0.25) is 5.95 Å². The molecule has 0 fully saturated rings. The second-order valence-corrected chi connectivity index (χ2v) is 3.87. The highest BCUT2D eigenvalue weighted by Gasteiger charge is 2.08. The number of halogens is 1. The quantitative estimate of drug-likeness (QED) is 0.859. The molecule has 17 heavy (non-hydrogen) atoms. The van der Waals surface area contributed by atoms with Crippen LogP contribution in [-0.2, 0) is 0 Å². The highest BCUT2D eigenvalue weighted by atomic mass is 19.1. The van der Waals surface area contributed by atoms with Crippen LogP contribution in [0.4, 0.5) is 16.2 Å². The molecule has 1 aromatic carbocycles. The van der Waals surface area contributed by atoms with E-state index in [0.29, 0.717) is 22.9 Å². The van der Waals surface area contributed by atoms with Crippen molar-refractivity contribution in [2.24, 2.45) is 0 Å². The Morgan fingerprint density at radius 1 is 1.29 bits per heavy atom. The molecule has 0 unspecified atom stereocenters. The monoisotopic (exact) mass is 232 g/mol. The number of aromatic nitrogens is 2. The average molecular weight is 232 g/mol. The van der Waals surface area contributed by atoms with E-state index in [0.717, 1.165) is 0 Å². The predicted octanol–water partition coefficient (Wildman–Crippen LogP) is 1.93. The van der Waals surface area contributed by atoms with Gasteiger partial charge < -0.3 is 10.6 Å². The topological polar surface area (TPSA) is 55.0 Å². The first kappa shape index (κ1) is 11.3. The van der Waals surface area contributed by atoms with Crippen molar-refractivity contribution in [3.8, 4) is 11.1 Å². The van der Waals surface area contributed by atoms with Crippen molar-refractivity contribution in [1.29, 1.82) is 0 Å². The van der Waals surface area contributed by atoms with E-state index >= 15 is 0 Å². The second kappa shape index (κ2) is 4.37. The minimum Gasteiger partial charge on any atom is -0.383 e. The third-order valence-corrected chi connectivity index (χ3v) is 2.34. The van der Waals surface area contributed by atoms with E-state index < -0.39 is 0 Å². The van der Waals surface area contributed by atoms with Gasteiger partial charge in [0, 0.05) is 25.9 Å². The van der Waals surface area contributed by atoms with Crippen LogP contribution >= 0.6 is 0 Å². The van der Waals surface area contributed by atoms with Gasteiger partial charge in [0.25, 0.3) is 0 Å². The van der Waals surface area contributed by atoms with Gasteiger partial charge in [-0.25, -0.2) is 9.37 Å². The van der Waals surface area contributed by atoms with Crippen LogP contribution in [0.25, 0.3) is 11.1 Å². The molecule has 0 atom stereocenters. The van der Waals surface area contributed by atoms with E-state index in [9.17, 15) is 4.39 Å². The third kappa shape index (κ3) is 2.33. The maximum atomic E-state index is 13.1. The molecule has 0 amide bonds. The summed E-state index contributed by atoms with van der Waals surface area (Å²) in [5.74, 6) is 0.565. The Kier molecular flexibility index (Phi) is 2.91. The van der Waals surface area contributed by atoms with Crippen molar-refractivity contribution >= 4 is 11.8 Å². The summed E-state index contributed by atoms with van der Waals surface area (Å²) in [6.07, 6.45) is 1.60. The first-order valence-corrected chi connectivity index (χ1v) is 5.13. The molecule has 88 valence electrons. The lowest BCUT2D eigenvalue weighted by Gasteiger charge is -2.12. The van der Waals surface area contributed by atoms with Crippen LogP contribution in [0, 0.1) is 5.82 Å². The minimum absolute atomic E-state index is 0.307. The van der Waals surface area contributed by atoms with Crippen molar-refractivity contribution in [3.63, 3.8) is 0 Å². The lowest BCUT2D eigenvalue weighted by atomic mass is 10.1. The van der Waals surface area contributed by atoms with E-state index in [2.05, 4.69) is 9.97 Å². The third-order valence-electron chi connectivity index (χ3n) is 2.34. The van der Waals surface area contributed by atoms with Gasteiger partial charge in [0.1, 0.15) is 11.6 Å². The molecular formula is C12H13FN4. The van der Waals surface area contributed by atoms with Crippen LogP contribution in [-0.4, -0.2) is 24.1 Å². The molecule has 0 saturated heterocycles. The summed E-state index contributed by atoms with van der Waals surface area (Å²) >= 11 is 0. The molecule has 4 nitrogen and oxygen atoms in total. The summed E-state index contributed by atoms with van der Waals surface area (Å²) in [6.45, 7) is 0. The average Bonchev–Trinajstić information content (AvgIpc) is 2.28. The molecule has 1 aromatic heterocycles. The molecule has 0 bridgehead atoms. The van der Waals surface area contributed by atoms with E-state index in [1.165, 1.54) is 12.1 Å². The largest absolute Gasteiger partial charge is 0.383 e. The fourth-order valence-electron chi connectivity index (χ4n) is 1.48. The standard InChI is InChI=1S/C12H13FN4/c1-17(2)12-15-7-10(11(14)16-12)8-4-3-5-9(13)6-8/h3-7H,1-2H3,(H2,14,15,16). The van der Waals surface area contributed by atoms with Crippen LogP contribution in [0.5, 0.6) is 0 Å². The Morgan fingerprint density at radius 3 is 2.65 bits per heavy atom. The van der Waals surface area contributed by atoms with E-state index in [1.54, 1.807) is 23.2 Å². The number of anilines is 2. The molecule has 0 aliphatic carbocycles. The molecular weight excluding hydrogens is 219 g/mol. The molecule has 0 spiro atoms. The number of hydrogen-bond acceptors (Lipinski definition) is 4. The Bertz CT molecular complexity index is 540. The lowest BCUT2D eigenvalue weighted by Crippen LogP contribution is -2.13. The normalized spacial score (nSPS) is 10.3. The van der Waals surface area contributed by atoms with Gasteiger partial charge in [-0.2, -0.15) is 4.98 Å². The fourth-order valence-corrected chi connectivity index (χ4v) is 1.48. The summed E-state index contributed by atoms with van der Waals surface area (Å²) in [7, 11) is 3.66. The number of nitrogens with zero attached hydrogens (tertiary/aromatic N) is 3. The molecule has 0 aliphatic rings. The number of benzene rings is 1. The van der Waals surface area contributed by atoms with Crippen molar-refractivity contribution in [1.82, 2.24) is 9.97 Å². The highest BCUT2D eigenvalue weighted by molar-refractivity contribution is 5.73. The van der Waals surface area contributed by atoms with Gasteiger partial charge in [-0.1, -0.05) is 12.1 Å². The molecule has 5 heteroatoms. The van der Waals surface area contributed by atoms with Crippen molar-refractivity contribution < 1.29 is 4.39 Å². The predicted molar refractivity (Wildman–Crippen MR) is 66.2 cm³/mol. The molecule has 0 saturated carbocycles. The molecule has 0 radical (unpaired) electrons. The Morgan fingerprint density at radius 2 is 2.06 bits per heavy atom. The van der Waals surface area contributed by atoms with Gasteiger partial charge in [-0.15, -0.1) is 0 Å². The van der Waals surface area contributed by atoms with Crippen molar-refractivity contribution in [2.75, 3.05) is 24.7 Å². The molecule has 2 rings (SSSR count). The van der Waals surface area contributed by atoms with Crippen LogP contribution in [0.1, 0.15) is 0 Å². The van der Waals surface area contributed by atoms with Gasteiger partial charge in [-0.05, 0) is 17.7 Å². The molecule has 2 aromatic rings. The van der Waals surface area contributed by atoms with Crippen LogP contribution in [0.3, 0.4) is 0 Å². The van der Waals surface area contributed by atoms with Crippen LogP contribution in [0.15, 0.2) is 30.5 Å². The summed E-state index contributed by atoms with van der Waals surface area (Å²) in [5, 5.41) is 0. The number of nitrogens with two attached hydrogens (primary N) is 1. The maximum absolute atomic E-state index is 13.1. The van der Waals surface area contributed by atoms with E-state index in [-0.39, 0.29) is 5.82 Å². The second-order valence-electron chi connectivity index (χ2n) is 3.87. The molecule has 0 aliphatic heterocycles. The Labute approximate surface area is 98.9 Å². The summed E-state index contributed by atoms with van der Waals surface area (Å²) in [4.78, 5) is 10.1. The summed E-state index contributed by atoms with van der Waals surface area (Å²) in [5.41, 5.74) is 7.15. The first-order valence-electron chi connectivity index (χ1n) is 5.13. The minimum atomic E-state index is -0.307. The first-order chi connectivity index (χ1) is 8.08.